The zero-order valence-corrected chi connectivity index (χ0v) is 21.6. The Bertz CT molecular complexity index is 1400. The maximum absolute atomic E-state index is 14.3. The molecular weight excluding hydrogens is 501 g/mol. The number of hydrogen-bond acceptors (Lipinski definition) is 5. The van der Waals surface area contributed by atoms with Crippen molar-refractivity contribution in [3.05, 3.63) is 64.1 Å². The lowest BCUT2D eigenvalue weighted by Gasteiger charge is -2.59. The number of anilines is 1. The van der Waals surface area contributed by atoms with Crippen LogP contribution in [0, 0.1) is 18.2 Å². The summed E-state index contributed by atoms with van der Waals surface area (Å²) in [6.07, 6.45) is 1.58. The highest BCUT2D eigenvalue weighted by atomic mass is 35.5. The number of fused-ring (bicyclic) bond motifs is 3. The quantitative estimate of drug-likeness (QED) is 0.440. The third-order valence-corrected chi connectivity index (χ3v) is 9.05. The molecule has 194 valence electrons. The second-order valence-electron chi connectivity index (χ2n) is 11.9. The molecule has 2 aromatic heterocycles. The normalized spacial score (nSPS) is 23.5. The van der Waals surface area contributed by atoms with E-state index in [1.807, 2.05) is 36.9 Å². The van der Waals surface area contributed by atoms with Gasteiger partial charge < -0.3 is 4.90 Å². The average molecular weight is 529 g/mol. The van der Waals surface area contributed by atoms with Gasteiger partial charge in [0.2, 0.25) is 0 Å². The number of benzene rings is 1. The molecule has 0 bridgehead atoms. The number of nitrogens with zero attached hydrogens (tertiary/aromatic N) is 6. The summed E-state index contributed by atoms with van der Waals surface area (Å²) in [5.41, 5.74) is 2.31. The SMILES string of the molecule is Cc1ccc(F)c(N2CC3(CC(c4nnc5n4-c4ccc(Cl)cc4CN(C4(C)CC(F)(F)C4)C5)C3)C2)n1. The highest BCUT2D eigenvalue weighted by Gasteiger charge is 2.58. The first kappa shape index (κ1) is 23.5. The Morgan fingerprint density at radius 2 is 1.78 bits per heavy atom. The standard InChI is InChI=1S/C27H28ClF3N6/c1-16-3-5-20(29)24(32-16)35-14-26(15-35)8-18(9-26)23-34-33-22-11-36(25(2)12-27(30,31)13-25)10-17-7-19(28)4-6-21(17)37(22)23/h3-7,18H,8-15H2,1-2H3. The van der Waals surface area contributed by atoms with Crippen LogP contribution in [0.15, 0.2) is 30.3 Å². The smallest absolute Gasteiger partial charge is 0.251 e. The van der Waals surface area contributed by atoms with Crippen molar-refractivity contribution in [3.63, 3.8) is 0 Å². The van der Waals surface area contributed by atoms with Crippen LogP contribution in [0.1, 0.15) is 61.4 Å². The van der Waals surface area contributed by atoms with Crippen LogP contribution in [0.5, 0.6) is 0 Å². The molecule has 1 spiro atoms. The first-order valence-electron chi connectivity index (χ1n) is 12.8. The molecule has 37 heavy (non-hydrogen) atoms. The minimum absolute atomic E-state index is 0.138. The van der Waals surface area contributed by atoms with Gasteiger partial charge in [0.05, 0.1) is 12.2 Å². The minimum Gasteiger partial charge on any atom is -0.353 e. The van der Waals surface area contributed by atoms with E-state index in [4.69, 9.17) is 11.6 Å². The Balaban J connectivity index is 1.15. The highest BCUT2D eigenvalue weighted by Crippen LogP contribution is 2.57. The fourth-order valence-corrected chi connectivity index (χ4v) is 7.24. The fraction of sp³-hybridized carbons (Fsp3) is 0.519. The van der Waals surface area contributed by atoms with Gasteiger partial charge in [0, 0.05) is 60.1 Å². The summed E-state index contributed by atoms with van der Waals surface area (Å²) in [6, 6.07) is 8.95. The first-order valence-corrected chi connectivity index (χ1v) is 13.2. The lowest BCUT2D eigenvalue weighted by molar-refractivity contribution is -0.173. The molecule has 10 heteroatoms. The molecule has 0 atom stereocenters. The average Bonchev–Trinajstić information content (AvgIpc) is 3.07. The molecule has 2 aliphatic carbocycles. The molecule has 3 fully saturated rings. The van der Waals surface area contributed by atoms with Gasteiger partial charge in [-0.05, 0) is 62.6 Å². The van der Waals surface area contributed by atoms with Crippen molar-refractivity contribution in [2.45, 2.75) is 70.0 Å². The second kappa shape index (κ2) is 7.69. The third kappa shape index (κ3) is 3.68. The van der Waals surface area contributed by atoms with Gasteiger partial charge in [0.15, 0.2) is 17.5 Å². The van der Waals surface area contributed by atoms with Crippen LogP contribution in [0.3, 0.4) is 0 Å². The van der Waals surface area contributed by atoms with Crippen molar-refractivity contribution < 1.29 is 13.2 Å². The maximum atomic E-state index is 14.3. The van der Waals surface area contributed by atoms with E-state index in [1.54, 1.807) is 6.07 Å². The summed E-state index contributed by atoms with van der Waals surface area (Å²) in [7, 11) is 0. The summed E-state index contributed by atoms with van der Waals surface area (Å²) in [6.45, 7) is 6.33. The molecule has 0 radical (unpaired) electrons. The van der Waals surface area contributed by atoms with Gasteiger partial charge in [-0.25, -0.2) is 18.2 Å². The summed E-state index contributed by atoms with van der Waals surface area (Å²) in [5.74, 6) is -0.547. The van der Waals surface area contributed by atoms with Crippen LogP contribution in [0.4, 0.5) is 19.0 Å². The topological polar surface area (TPSA) is 50.1 Å². The van der Waals surface area contributed by atoms with E-state index in [-0.39, 0.29) is 30.0 Å². The fourth-order valence-electron chi connectivity index (χ4n) is 7.05. The molecule has 0 amide bonds. The molecule has 0 N–H and O–H groups in total. The molecule has 3 aromatic rings. The van der Waals surface area contributed by atoms with Crippen molar-refractivity contribution in [1.29, 1.82) is 0 Å². The Hall–Kier alpha value is -2.65. The van der Waals surface area contributed by atoms with E-state index >= 15 is 0 Å². The number of hydrogen-bond donors (Lipinski definition) is 0. The van der Waals surface area contributed by atoms with Gasteiger partial charge in [0.25, 0.3) is 5.92 Å². The van der Waals surface area contributed by atoms with E-state index in [0.29, 0.717) is 23.9 Å². The summed E-state index contributed by atoms with van der Waals surface area (Å²) < 4.78 is 44.2. The van der Waals surface area contributed by atoms with Gasteiger partial charge in [-0.1, -0.05) is 11.6 Å². The second-order valence-corrected chi connectivity index (χ2v) is 12.3. The van der Waals surface area contributed by atoms with E-state index in [1.165, 1.54) is 6.07 Å². The van der Waals surface area contributed by atoms with Gasteiger partial charge in [-0.15, -0.1) is 10.2 Å². The number of pyridine rings is 1. The van der Waals surface area contributed by atoms with Crippen LogP contribution < -0.4 is 4.90 Å². The van der Waals surface area contributed by atoms with E-state index in [9.17, 15) is 13.2 Å². The zero-order chi connectivity index (χ0) is 25.7. The van der Waals surface area contributed by atoms with Crippen LogP contribution in [-0.2, 0) is 13.1 Å². The lowest BCUT2D eigenvalue weighted by atomic mass is 9.57. The van der Waals surface area contributed by atoms with Crippen LogP contribution in [-0.4, -0.2) is 49.2 Å². The van der Waals surface area contributed by atoms with Crippen molar-refractivity contribution in [1.82, 2.24) is 24.6 Å². The van der Waals surface area contributed by atoms with Crippen molar-refractivity contribution in [2.75, 3.05) is 18.0 Å². The minimum atomic E-state index is -2.62. The molecule has 2 aliphatic heterocycles. The highest BCUT2D eigenvalue weighted by molar-refractivity contribution is 6.30. The molecule has 4 heterocycles. The van der Waals surface area contributed by atoms with Crippen LogP contribution in [0.25, 0.3) is 5.69 Å². The van der Waals surface area contributed by atoms with E-state index in [0.717, 1.165) is 54.5 Å². The molecule has 1 aromatic carbocycles. The molecule has 6 nitrogen and oxygen atoms in total. The van der Waals surface area contributed by atoms with E-state index in [2.05, 4.69) is 24.6 Å². The summed E-state index contributed by atoms with van der Waals surface area (Å²) in [5, 5.41) is 9.79. The Morgan fingerprint density at radius 1 is 1.03 bits per heavy atom. The van der Waals surface area contributed by atoms with Gasteiger partial charge in [0.1, 0.15) is 5.82 Å². The van der Waals surface area contributed by atoms with Gasteiger partial charge >= 0.3 is 0 Å². The van der Waals surface area contributed by atoms with Crippen LogP contribution >= 0.6 is 11.6 Å². The molecular formula is C27H28ClF3N6. The van der Waals surface area contributed by atoms with Gasteiger partial charge in [-0.2, -0.15) is 0 Å². The predicted molar refractivity (Wildman–Crippen MR) is 134 cm³/mol. The zero-order valence-electron chi connectivity index (χ0n) is 20.8. The monoisotopic (exact) mass is 528 g/mol. The van der Waals surface area contributed by atoms with Crippen LogP contribution in [0.2, 0.25) is 5.02 Å². The number of aromatic nitrogens is 4. The number of aryl methyl sites for hydroxylation is 1. The largest absolute Gasteiger partial charge is 0.353 e. The van der Waals surface area contributed by atoms with Crippen molar-refractivity contribution in [2.24, 2.45) is 5.41 Å². The summed E-state index contributed by atoms with van der Waals surface area (Å²) in [4.78, 5) is 8.52. The van der Waals surface area contributed by atoms with Crippen molar-refractivity contribution in [3.8, 4) is 5.69 Å². The molecule has 7 rings (SSSR count). The molecule has 4 aliphatic rings. The van der Waals surface area contributed by atoms with E-state index < -0.39 is 11.5 Å². The Labute approximate surface area is 218 Å². The molecule has 2 saturated carbocycles. The maximum Gasteiger partial charge on any atom is 0.251 e. The Kier molecular flexibility index (Phi) is 4.88. The lowest BCUT2D eigenvalue weighted by Crippen LogP contribution is -2.62. The van der Waals surface area contributed by atoms with Gasteiger partial charge in [-0.3, -0.25) is 9.47 Å². The number of rotatable bonds is 3. The molecule has 1 saturated heterocycles. The Morgan fingerprint density at radius 3 is 2.51 bits per heavy atom. The first-order chi connectivity index (χ1) is 17.5. The predicted octanol–water partition coefficient (Wildman–Crippen LogP) is 5.65. The molecule has 0 unspecified atom stereocenters. The van der Waals surface area contributed by atoms with Crippen molar-refractivity contribution >= 4 is 17.4 Å². The number of alkyl halides is 2. The third-order valence-electron chi connectivity index (χ3n) is 8.82. The summed E-state index contributed by atoms with van der Waals surface area (Å²) >= 11 is 6.36. The number of halogens is 4.